The molecular formula is C13H15N5OS. The highest BCUT2D eigenvalue weighted by atomic mass is 32.1. The van der Waals surface area contributed by atoms with Gasteiger partial charge in [-0.2, -0.15) is 10.1 Å². The number of rotatable bonds is 4. The second-order valence-corrected chi connectivity index (χ2v) is 5.49. The van der Waals surface area contributed by atoms with Gasteiger partial charge in [0.25, 0.3) is 0 Å². The largest absolute Gasteiger partial charge is 0.435 e. The maximum atomic E-state index is 5.86. The van der Waals surface area contributed by atoms with Gasteiger partial charge in [-0.05, 0) is 25.3 Å². The highest BCUT2D eigenvalue weighted by Gasteiger charge is 2.12. The van der Waals surface area contributed by atoms with Crippen molar-refractivity contribution in [2.45, 2.75) is 19.9 Å². The first-order valence-electron chi connectivity index (χ1n) is 6.32. The highest BCUT2D eigenvalue weighted by molar-refractivity contribution is 7.16. The molecule has 0 aliphatic carbocycles. The van der Waals surface area contributed by atoms with Crippen LogP contribution in [0.4, 0.5) is 5.95 Å². The lowest BCUT2D eigenvalue weighted by Gasteiger charge is -2.06. The van der Waals surface area contributed by atoms with Crippen molar-refractivity contribution >= 4 is 27.5 Å². The van der Waals surface area contributed by atoms with Crippen LogP contribution in [0, 0.1) is 0 Å². The monoisotopic (exact) mass is 289 g/mol. The summed E-state index contributed by atoms with van der Waals surface area (Å²) < 4.78 is 7.70. The number of thiophene rings is 1. The lowest BCUT2D eigenvalue weighted by atomic mass is 10.4. The molecule has 104 valence electrons. The van der Waals surface area contributed by atoms with Gasteiger partial charge in [0.1, 0.15) is 4.83 Å². The molecule has 20 heavy (non-hydrogen) atoms. The van der Waals surface area contributed by atoms with E-state index in [2.05, 4.69) is 34.2 Å². The van der Waals surface area contributed by atoms with E-state index in [1.165, 1.54) is 0 Å². The van der Waals surface area contributed by atoms with Crippen molar-refractivity contribution in [2.24, 2.45) is 0 Å². The smallest absolute Gasteiger partial charge is 0.233 e. The van der Waals surface area contributed by atoms with E-state index >= 15 is 0 Å². The van der Waals surface area contributed by atoms with Crippen LogP contribution >= 0.6 is 11.3 Å². The molecule has 0 amide bonds. The van der Waals surface area contributed by atoms with Crippen LogP contribution in [-0.4, -0.2) is 26.8 Å². The van der Waals surface area contributed by atoms with Gasteiger partial charge in [0.05, 0.1) is 17.8 Å². The molecule has 0 fully saturated rings. The second-order valence-electron chi connectivity index (χ2n) is 4.59. The van der Waals surface area contributed by atoms with Crippen LogP contribution < -0.4 is 10.1 Å². The molecule has 0 atom stereocenters. The van der Waals surface area contributed by atoms with Gasteiger partial charge in [0.15, 0.2) is 5.75 Å². The first-order chi connectivity index (χ1) is 9.67. The summed E-state index contributed by atoms with van der Waals surface area (Å²) in [5.41, 5.74) is 0. The predicted molar refractivity (Wildman–Crippen MR) is 79.6 cm³/mol. The van der Waals surface area contributed by atoms with Crippen LogP contribution in [0.3, 0.4) is 0 Å². The van der Waals surface area contributed by atoms with Gasteiger partial charge in [0, 0.05) is 13.1 Å². The van der Waals surface area contributed by atoms with Crippen molar-refractivity contribution in [3.63, 3.8) is 0 Å². The first-order valence-corrected chi connectivity index (χ1v) is 7.20. The number of nitrogens with zero attached hydrogens (tertiary/aromatic N) is 4. The van der Waals surface area contributed by atoms with E-state index in [0.717, 1.165) is 10.2 Å². The zero-order chi connectivity index (χ0) is 14.1. The number of fused-ring (bicyclic) bond motifs is 1. The van der Waals surface area contributed by atoms with E-state index in [9.17, 15) is 0 Å². The van der Waals surface area contributed by atoms with Crippen molar-refractivity contribution in [1.29, 1.82) is 0 Å². The fourth-order valence-corrected chi connectivity index (χ4v) is 2.54. The number of hydrogen-bond acceptors (Lipinski definition) is 6. The Balaban J connectivity index is 1.98. The number of nitrogens with one attached hydrogen (secondary N) is 1. The van der Waals surface area contributed by atoms with E-state index < -0.39 is 0 Å². The summed E-state index contributed by atoms with van der Waals surface area (Å²) in [6.45, 7) is 4.13. The Hall–Kier alpha value is -2.15. The lowest BCUT2D eigenvalue weighted by Crippen LogP contribution is -2.00. The minimum absolute atomic E-state index is 0.298. The van der Waals surface area contributed by atoms with Crippen molar-refractivity contribution < 1.29 is 4.74 Å². The third kappa shape index (κ3) is 2.32. The molecule has 1 N–H and O–H groups in total. The molecule has 3 aromatic heterocycles. The topological polar surface area (TPSA) is 64.9 Å². The number of ether oxygens (including phenoxy) is 1. The Morgan fingerprint density at radius 3 is 2.90 bits per heavy atom. The average molecular weight is 289 g/mol. The SMILES string of the molecule is CNc1nc(Oc2cnn(C(C)C)c2)c2ccsc2n1. The molecule has 0 aliphatic rings. The third-order valence-corrected chi connectivity index (χ3v) is 3.64. The fourth-order valence-electron chi connectivity index (χ4n) is 1.79. The molecule has 0 spiro atoms. The van der Waals surface area contributed by atoms with Crippen molar-refractivity contribution in [1.82, 2.24) is 19.7 Å². The summed E-state index contributed by atoms with van der Waals surface area (Å²) in [6, 6.07) is 2.26. The van der Waals surface area contributed by atoms with Gasteiger partial charge in [-0.15, -0.1) is 11.3 Å². The summed E-state index contributed by atoms with van der Waals surface area (Å²) in [4.78, 5) is 9.65. The molecule has 0 aromatic carbocycles. The Labute approximate surface area is 120 Å². The molecule has 3 aromatic rings. The van der Waals surface area contributed by atoms with Crippen LogP contribution in [-0.2, 0) is 0 Å². The zero-order valence-corrected chi connectivity index (χ0v) is 12.3. The number of aromatic nitrogens is 4. The number of anilines is 1. The molecule has 0 saturated heterocycles. The molecule has 0 radical (unpaired) electrons. The maximum absolute atomic E-state index is 5.86. The normalized spacial score (nSPS) is 11.2. The third-order valence-electron chi connectivity index (χ3n) is 2.84. The summed E-state index contributed by atoms with van der Waals surface area (Å²) in [5.74, 6) is 1.77. The molecule has 0 saturated carbocycles. The van der Waals surface area contributed by atoms with Gasteiger partial charge in [0.2, 0.25) is 11.8 Å². The first kappa shape index (κ1) is 12.9. The molecule has 3 heterocycles. The van der Waals surface area contributed by atoms with Gasteiger partial charge in [-0.3, -0.25) is 4.68 Å². The van der Waals surface area contributed by atoms with E-state index in [1.807, 2.05) is 22.3 Å². The molecule has 0 bridgehead atoms. The Morgan fingerprint density at radius 2 is 2.20 bits per heavy atom. The van der Waals surface area contributed by atoms with E-state index in [-0.39, 0.29) is 0 Å². The van der Waals surface area contributed by atoms with Gasteiger partial charge >= 0.3 is 0 Å². The fraction of sp³-hybridized carbons (Fsp3) is 0.308. The highest BCUT2D eigenvalue weighted by Crippen LogP contribution is 2.31. The van der Waals surface area contributed by atoms with E-state index in [4.69, 9.17) is 4.74 Å². The van der Waals surface area contributed by atoms with E-state index in [1.54, 1.807) is 24.6 Å². The molecule has 7 heteroatoms. The summed E-state index contributed by atoms with van der Waals surface area (Å²) in [6.07, 6.45) is 3.56. The van der Waals surface area contributed by atoms with Crippen molar-refractivity contribution in [3.05, 3.63) is 23.8 Å². The van der Waals surface area contributed by atoms with Gasteiger partial charge in [-0.25, -0.2) is 4.98 Å². The summed E-state index contributed by atoms with van der Waals surface area (Å²) >= 11 is 1.56. The zero-order valence-electron chi connectivity index (χ0n) is 11.5. The molecule has 0 unspecified atom stereocenters. The maximum Gasteiger partial charge on any atom is 0.233 e. The van der Waals surface area contributed by atoms with Crippen LogP contribution in [0.15, 0.2) is 23.8 Å². The van der Waals surface area contributed by atoms with E-state index in [0.29, 0.717) is 23.6 Å². The summed E-state index contributed by atoms with van der Waals surface area (Å²) in [5, 5.41) is 10.1. The standard InChI is InChI=1S/C13H15N5OS/c1-8(2)18-7-9(6-15-18)19-11-10-4-5-20-12(10)17-13(14-3)16-11/h4-8H,1-3H3,(H,14,16,17). The molecule has 6 nitrogen and oxygen atoms in total. The van der Waals surface area contributed by atoms with Crippen LogP contribution in [0.2, 0.25) is 0 Å². The quantitative estimate of drug-likeness (QED) is 0.798. The predicted octanol–water partition coefficient (Wildman–Crippen LogP) is 3.30. The number of hydrogen-bond donors (Lipinski definition) is 1. The Morgan fingerprint density at radius 1 is 1.35 bits per heavy atom. The average Bonchev–Trinajstić information content (AvgIpc) is 3.06. The summed E-state index contributed by atoms with van der Waals surface area (Å²) in [7, 11) is 1.79. The van der Waals surface area contributed by atoms with Crippen LogP contribution in [0.1, 0.15) is 19.9 Å². The van der Waals surface area contributed by atoms with Crippen LogP contribution in [0.5, 0.6) is 11.6 Å². The molecule has 0 aliphatic heterocycles. The second kappa shape index (κ2) is 5.09. The van der Waals surface area contributed by atoms with Gasteiger partial charge < -0.3 is 10.1 Å². The van der Waals surface area contributed by atoms with Crippen molar-refractivity contribution in [2.75, 3.05) is 12.4 Å². The van der Waals surface area contributed by atoms with Crippen molar-refractivity contribution in [3.8, 4) is 11.6 Å². The minimum atomic E-state index is 0.298. The Bertz CT molecular complexity index is 733. The Kier molecular flexibility index (Phi) is 3.27. The van der Waals surface area contributed by atoms with Gasteiger partial charge in [-0.1, -0.05) is 0 Å². The lowest BCUT2D eigenvalue weighted by molar-refractivity contribution is 0.465. The van der Waals surface area contributed by atoms with Crippen LogP contribution in [0.25, 0.3) is 10.2 Å². The minimum Gasteiger partial charge on any atom is -0.435 e. The molecular weight excluding hydrogens is 274 g/mol. The molecule has 3 rings (SSSR count).